The molecule has 0 saturated carbocycles. The lowest BCUT2D eigenvalue weighted by atomic mass is 10.1. The Labute approximate surface area is 129 Å². The fourth-order valence-corrected chi connectivity index (χ4v) is 2.69. The highest BCUT2D eigenvalue weighted by Gasteiger charge is 2.26. The van der Waals surface area contributed by atoms with Gasteiger partial charge in [-0.3, -0.25) is 0 Å². The normalized spacial score (nSPS) is 17.7. The minimum atomic E-state index is -0.132. The number of aliphatic hydroxyl groups is 1. The topological polar surface area (TPSA) is 70.4 Å². The molecule has 116 valence electrons. The first-order valence-corrected chi connectivity index (χ1v) is 7.46. The molecule has 2 amide bonds. The standard InChI is InChI=1S/C16H20N4O2/c1-12-6-9-20(18-12)15-5-3-2-4-14(15)17-16(22)19-8-7-13(10-19)11-21/h2-6,9,13,21H,7-8,10-11H2,1H3,(H,17,22). The number of nitrogens with zero attached hydrogens (tertiary/aromatic N) is 3. The summed E-state index contributed by atoms with van der Waals surface area (Å²) in [6.45, 7) is 3.34. The smallest absolute Gasteiger partial charge is 0.321 e. The number of carbonyl (C=O) groups excluding carboxylic acids is 1. The maximum Gasteiger partial charge on any atom is 0.321 e. The average Bonchev–Trinajstić information content (AvgIpc) is 3.16. The van der Waals surface area contributed by atoms with Gasteiger partial charge in [0.2, 0.25) is 0 Å². The molecule has 3 rings (SSSR count). The number of nitrogens with one attached hydrogen (secondary N) is 1. The molecule has 1 aliphatic heterocycles. The number of benzene rings is 1. The third kappa shape index (κ3) is 2.96. The van der Waals surface area contributed by atoms with E-state index in [-0.39, 0.29) is 18.6 Å². The fourth-order valence-electron chi connectivity index (χ4n) is 2.69. The SMILES string of the molecule is Cc1ccn(-c2ccccc2NC(=O)N2CCC(CO)C2)n1. The first-order valence-electron chi connectivity index (χ1n) is 7.46. The number of aliphatic hydroxyl groups excluding tert-OH is 1. The molecule has 6 heteroatoms. The number of rotatable bonds is 3. The molecular formula is C16H20N4O2. The summed E-state index contributed by atoms with van der Waals surface area (Å²) in [5.74, 6) is 0.190. The number of carbonyl (C=O) groups is 1. The van der Waals surface area contributed by atoms with Crippen molar-refractivity contribution in [2.75, 3.05) is 25.0 Å². The molecule has 0 bridgehead atoms. The summed E-state index contributed by atoms with van der Waals surface area (Å²) in [6.07, 6.45) is 2.72. The number of hydrogen-bond acceptors (Lipinski definition) is 3. The Kier molecular flexibility index (Phi) is 4.11. The number of anilines is 1. The summed E-state index contributed by atoms with van der Waals surface area (Å²) in [5, 5.41) is 16.5. The van der Waals surface area contributed by atoms with Crippen LogP contribution in [0.15, 0.2) is 36.5 Å². The Balaban J connectivity index is 1.77. The van der Waals surface area contributed by atoms with E-state index in [1.54, 1.807) is 9.58 Å². The Morgan fingerprint density at radius 3 is 2.91 bits per heavy atom. The second-order valence-corrected chi connectivity index (χ2v) is 5.63. The highest BCUT2D eigenvalue weighted by Crippen LogP contribution is 2.22. The molecule has 0 radical (unpaired) electrons. The van der Waals surface area contributed by atoms with Crippen molar-refractivity contribution in [3.63, 3.8) is 0 Å². The summed E-state index contributed by atoms with van der Waals surface area (Å²) in [7, 11) is 0. The second kappa shape index (κ2) is 6.19. The summed E-state index contributed by atoms with van der Waals surface area (Å²) < 4.78 is 1.76. The summed E-state index contributed by atoms with van der Waals surface area (Å²) >= 11 is 0. The van der Waals surface area contributed by atoms with Gasteiger partial charge in [0.1, 0.15) is 0 Å². The van der Waals surface area contributed by atoms with E-state index in [0.29, 0.717) is 13.1 Å². The number of urea groups is 1. The number of aromatic nitrogens is 2. The summed E-state index contributed by atoms with van der Waals surface area (Å²) in [4.78, 5) is 14.1. The third-order valence-corrected chi connectivity index (χ3v) is 3.95. The van der Waals surface area contributed by atoms with Gasteiger partial charge < -0.3 is 15.3 Å². The van der Waals surface area contributed by atoms with Gasteiger partial charge in [0, 0.05) is 31.8 Å². The van der Waals surface area contributed by atoms with E-state index in [0.717, 1.165) is 23.5 Å². The van der Waals surface area contributed by atoms with Crippen molar-refractivity contribution >= 4 is 11.7 Å². The molecule has 1 unspecified atom stereocenters. The first kappa shape index (κ1) is 14.6. The van der Waals surface area contributed by atoms with Gasteiger partial charge in [-0.1, -0.05) is 12.1 Å². The van der Waals surface area contributed by atoms with E-state index in [2.05, 4.69) is 10.4 Å². The van der Waals surface area contributed by atoms with Crippen LogP contribution in [0, 0.1) is 12.8 Å². The lowest BCUT2D eigenvalue weighted by Crippen LogP contribution is -2.33. The van der Waals surface area contributed by atoms with Crippen molar-refractivity contribution in [3.05, 3.63) is 42.2 Å². The van der Waals surface area contributed by atoms with Gasteiger partial charge in [-0.25, -0.2) is 9.48 Å². The van der Waals surface area contributed by atoms with Crippen LogP contribution in [0.3, 0.4) is 0 Å². The number of amides is 2. The van der Waals surface area contributed by atoms with E-state index in [9.17, 15) is 9.90 Å². The van der Waals surface area contributed by atoms with E-state index in [1.807, 2.05) is 43.5 Å². The van der Waals surface area contributed by atoms with E-state index in [4.69, 9.17) is 0 Å². The van der Waals surface area contributed by atoms with Gasteiger partial charge in [-0.05, 0) is 31.5 Å². The molecule has 1 atom stereocenters. The van der Waals surface area contributed by atoms with E-state index < -0.39 is 0 Å². The Morgan fingerprint density at radius 1 is 1.41 bits per heavy atom. The first-order chi connectivity index (χ1) is 10.7. The van der Waals surface area contributed by atoms with Crippen LogP contribution in [0.5, 0.6) is 0 Å². The van der Waals surface area contributed by atoms with Gasteiger partial charge in [0.25, 0.3) is 0 Å². The molecule has 1 aromatic heterocycles. The van der Waals surface area contributed by atoms with Gasteiger partial charge in [0.15, 0.2) is 0 Å². The molecule has 0 spiro atoms. The zero-order chi connectivity index (χ0) is 15.5. The molecule has 2 N–H and O–H groups in total. The summed E-state index contributed by atoms with van der Waals surface area (Å²) in [5.41, 5.74) is 2.48. The minimum Gasteiger partial charge on any atom is -0.396 e. The van der Waals surface area contributed by atoms with E-state index in [1.165, 1.54) is 0 Å². The largest absolute Gasteiger partial charge is 0.396 e. The quantitative estimate of drug-likeness (QED) is 0.911. The van der Waals surface area contributed by atoms with Crippen LogP contribution in [-0.4, -0.2) is 45.5 Å². The lowest BCUT2D eigenvalue weighted by molar-refractivity contribution is 0.209. The maximum absolute atomic E-state index is 12.4. The molecule has 2 heterocycles. The molecule has 1 aromatic carbocycles. The number of likely N-dealkylation sites (tertiary alicyclic amines) is 1. The van der Waals surface area contributed by atoms with Crippen molar-refractivity contribution < 1.29 is 9.90 Å². The molecule has 6 nitrogen and oxygen atoms in total. The number of para-hydroxylation sites is 2. The molecule has 1 saturated heterocycles. The van der Waals surface area contributed by atoms with Crippen molar-refractivity contribution in [3.8, 4) is 5.69 Å². The minimum absolute atomic E-state index is 0.132. The molecule has 1 aliphatic rings. The lowest BCUT2D eigenvalue weighted by Gasteiger charge is -2.18. The number of aryl methyl sites for hydroxylation is 1. The van der Waals surface area contributed by atoms with Crippen LogP contribution in [0.1, 0.15) is 12.1 Å². The van der Waals surface area contributed by atoms with Gasteiger partial charge >= 0.3 is 6.03 Å². The van der Waals surface area contributed by atoms with Crippen LogP contribution in [0.4, 0.5) is 10.5 Å². The van der Waals surface area contributed by atoms with Crippen LogP contribution in [0.25, 0.3) is 5.69 Å². The van der Waals surface area contributed by atoms with Gasteiger partial charge in [-0.15, -0.1) is 0 Å². The Hall–Kier alpha value is -2.34. The van der Waals surface area contributed by atoms with Crippen LogP contribution in [-0.2, 0) is 0 Å². The molecular weight excluding hydrogens is 280 g/mol. The third-order valence-electron chi connectivity index (χ3n) is 3.95. The van der Waals surface area contributed by atoms with Crippen molar-refractivity contribution in [2.45, 2.75) is 13.3 Å². The molecule has 1 fully saturated rings. The Bertz CT molecular complexity index is 668. The molecule has 0 aliphatic carbocycles. The highest BCUT2D eigenvalue weighted by atomic mass is 16.3. The summed E-state index contributed by atoms with van der Waals surface area (Å²) in [6, 6.07) is 9.37. The highest BCUT2D eigenvalue weighted by molar-refractivity contribution is 5.91. The maximum atomic E-state index is 12.4. The van der Waals surface area contributed by atoms with Crippen molar-refractivity contribution in [1.29, 1.82) is 0 Å². The second-order valence-electron chi connectivity index (χ2n) is 5.63. The van der Waals surface area contributed by atoms with Crippen molar-refractivity contribution in [1.82, 2.24) is 14.7 Å². The van der Waals surface area contributed by atoms with Crippen LogP contribution < -0.4 is 5.32 Å². The van der Waals surface area contributed by atoms with E-state index >= 15 is 0 Å². The zero-order valence-electron chi connectivity index (χ0n) is 12.6. The fraction of sp³-hybridized carbons (Fsp3) is 0.375. The predicted octanol–water partition coefficient (Wildman–Crippen LogP) is 2.03. The van der Waals surface area contributed by atoms with Gasteiger partial charge in [-0.2, -0.15) is 5.10 Å². The van der Waals surface area contributed by atoms with Crippen LogP contribution >= 0.6 is 0 Å². The van der Waals surface area contributed by atoms with Gasteiger partial charge in [0.05, 0.1) is 17.1 Å². The molecule has 22 heavy (non-hydrogen) atoms. The average molecular weight is 300 g/mol. The predicted molar refractivity (Wildman–Crippen MR) is 84.1 cm³/mol. The number of hydrogen-bond donors (Lipinski definition) is 2. The van der Waals surface area contributed by atoms with Crippen molar-refractivity contribution in [2.24, 2.45) is 5.92 Å². The van der Waals surface area contributed by atoms with Crippen LogP contribution in [0.2, 0.25) is 0 Å². The Morgan fingerprint density at radius 2 is 2.23 bits per heavy atom. The molecule has 2 aromatic rings. The zero-order valence-corrected chi connectivity index (χ0v) is 12.6. The monoisotopic (exact) mass is 300 g/mol.